The van der Waals surface area contributed by atoms with Crippen LogP contribution in [0.1, 0.15) is 25.2 Å². The van der Waals surface area contributed by atoms with Crippen molar-refractivity contribution in [3.8, 4) is 0 Å². The number of nitrogens with zero attached hydrogens (tertiary/aromatic N) is 2. The van der Waals surface area contributed by atoms with Gasteiger partial charge in [-0.3, -0.25) is 0 Å². The highest BCUT2D eigenvalue weighted by Crippen LogP contribution is 2.20. The van der Waals surface area contributed by atoms with Gasteiger partial charge in [-0.15, -0.1) is 0 Å². The maximum atomic E-state index is 5.40. The number of aromatic nitrogens is 2. The normalized spacial score (nSPS) is 10.4. The molecule has 0 unspecified atom stereocenters. The average Bonchev–Trinajstić information content (AvgIpc) is 2.48. The van der Waals surface area contributed by atoms with E-state index >= 15 is 0 Å². The van der Waals surface area contributed by atoms with Crippen molar-refractivity contribution in [2.24, 2.45) is 0 Å². The van der Waals surface area contributed by atoms with Crippen LogP contribution in [-0.4, -0.2) is 23.1 Å². The second-order valence-electron chi connectivity index (χ2n) is 4.66. The Morgan fingerprint density at radius 3 is 2.57 bits per heavy atom. The molecule has 1 aromatic carbocycles. The summed E-state index contributed by atoms with van der Waals surface area (Å²) in [6, 6.07) is 10.0. The summed E-state index contributed by atoms with van der Waals surface area (Å²) in [5.41, 5.74) is 2.22. The Kier molecular flexibility index (Phi) is 5.51. The Balaban J connectivity index is 2.24. The number of benzene rings is 1. The summed E-state index contributed by atoms with van der Waals surface area (Å²) in [5, 5.41) is 6.56. The van der Waals surface area contributed by atoms with E-state index < -0.39 is 0 Å². The lowest BCUT2D eigenvalue weighted by atomic mass is 10.2. The van der Waals surface area contributed by atoms with Gasteiger partial charge in [-0.25, -0.2) is 9.97 Å². The third-order valence-corrected chi connectivity index (χ3v) is 2.97. The zero-order valence-electron chi connectivity index (χ0n) is 12.8. The van der Waals surface area contributed by atoms with Crippen molar-refractivity contribution in [3.63, 3.8) is 0 Å². The van der Waals surface area contributed by atoms with Crippen LogP contribution in [0.5, 0.6) is 0 Å². The second kappa shape index (κ2) is 7.59. The number of ether oxygens (including phenoxy) is 1. The van der Waals surface area contributed by atoms with Gasteiger partial charge in [0.05, 0.1) is 0 Å². The minimum Gasteiger partial charge on any atom is -0.374 e. The summed E-state index contributed by atoms with van der Waals surface area (Å²) in [4.78, 5) is 8.94. The first-order valence-electron chi connectivity index (χ1n) is 7.25. The van der Waals surface area contributed by atoms with Gasteiger partial charge in [0.15, 0.2) is 5.82 Å². The van der Waals surface area contributed by atoms with Crippen molar-refractivity contribution in [1.29, 1.82) is 0 Å². The maximum absolute atomic E-state index is 5.40. The van der Waals surface area contributed by atoms with Crippen LogP contribution < -0.4 is 10.6 Å². The number of rotatable bonds is 7. The predicted octanol–water partition coefficient (Wildman–Crippen LogP) is 3.50. The molecule has 21 heavy (non-hydrogen) atoms. The third-order valence-electron chi connectivity index (χ3n) is 2.97. The number of anilines is 3. The van der Waals surface area contributed by atoms with Gasteiger partial charge in [0.1, 0.15) is 18.2 Å². The van der Waals surface area contributed by atoms with Gasteiger partial charge in [0.25, 0.3) is 0 Å². The number of nitrogens with one attached hydrogen (secondary N) is 2. The molecule has 2 N–H and O–H groups in total. The monoisotopic (exact) mass is 286 g/mol. The lowest BCUT2D eigenvalue weighted by Gasteiger charge is -2.12. The van der Waals surface area contributed by atoms with Crippen molar-refractivity contribution in [1.82, 2.24) is 9.97 Å². The van der Waals surface area contributed by atoms with Crippen molar-refractivity contribution < 1.29 is 4.74 Å². The van der Waals surface area contributed by atoms with Gasteiger partial charge in [0, 0.05) is 24.9 Å². The van der Waals surface area contributed by atoms with E-state index in [1.165, 1.54) is 5.56 Å². The summed E-state index contributed by atoms with van der Waals surface area (Å²) < 4.78 is 5.40. The van der Waals surface area contributed by atoms with E-state index in [0.29, 0.717) is 19.0 Å². The zero-order valence-corrected chi connectivity index (χ0v) is 12.8. The largest absolute Gasteiger partial charge is 0.374 e. The van der Waals surface area contributed by atoms with Crippen molar-refractivity contribution >= 4 is 17.3 Å². The fraction of sp³-hybridized carbons (Fsp3) is 0.375. The van der Waals surface area contributed by atoms with Crippen LogP contribution in [0.25, 0.3) is 0 Å². The molecule has 0 spiro atoms. The molecule has 2 rings (SSSR count). The highest BCUT2D eigenvalue weighted by atomic mass is 16.5. The molecule has 0 amide bonds. The first-order chi connectivity index (χ1) is 10.2. The maximum Gasteiger partial charge on any atom is 0.158 e. The molecule has 0 bridgehead atoms. The molecule has 1 aromatic heterocycles. The Labute approximate surface area is 125 Å². The Morgan fingerprint density at radius 2 is 1.86 bits per heavy atom. The van der Waals surface area contributed by atoms with Gasteiger partial charge in [-0.2, -0.15) is 0 Å². The summed E-state index contributed by atoms with van der Waals surface area (Å²) in [6.07, 6.45) is 0. The summed E-state index contributed by atoms with van der Waals surface area (Å²) >= 11 is 0. The standard InChI is InChI=1S/C16H22N4O/c1-4-17-14-10-15(20-16(19-14)11-21-5-2)18-13-9-7-6-8-12(13)3/h6-10H,4-5,11H2,1-3H3,(H2,17,18,19,20). The molecule has 0 aliphatic heterocycles. The molecule has 0 saturated carbocycles. The predicted molar refractivity (Wildman–Crippen MR) is 86.0 cm³/mol. The van der Waals surface area contributed by atoms with Crippen LogP contribution in [0.4, 0.5) is 17.3 Å². The van der Waals surface area contributed by atoms with E-state index in [9.17, 15) is 0 Å². The lowest BCUT2D eigenvalue weighted by Crippen LogP contribution is -2.07. The molecule has 0 aliphatic carbocycles. The quantitative estimate of drug-likeness (QED) is 0.816. The van der Waals surface area contributed by atoms with Crippen LogP contribution in [0.2, 0.25) is 0 Å². The van der Waals surface area contributed by atoms with E-state index in [2.05, 4.69) is 33.6 Å². The molecule has 2 aromatic rings. The first kappa shape index (κ1) is 15.3. The van der Waals surface area contributed by atoms with Crippen molar-refractivity contribution in [3.05, 3.63) is 41.7 Å². The van der Waals surface area contributed by atoms with Gasteiger partial charge in [0.2, 0.25) is 0 Å². The average molecular weight is 286 g/mol. The first-order valence-corrected chi connectivity index (χ1v) is 7.25. The van der Waals surface area contributed by atoms with Crippen LogP contribution in [0.3, 0.4) is 0 Å². The fourth-order valence-electron chi connectivity index (χ4n) is 1.94. The van der Waals surface area contributed by atoms with Crippen molar-refractivity contribution in [2.75, 3.05) is 23.8 Å². The topological polar surface area (TPSA) is 59.1 Å². The Morgan fingerprint density at radius 1 is 1.10 bits per heavy atom. The Bertz CT molecular complexity index is 586. The van der Waals surface area contributed by atoms with Gasteiger partial charge in [-0.05, 0) is 32.4 Å². The molecule has 0 aliphatic rings. The van der Waals surface area contributed by atoms with Crippen molar-refractivity contribution in [2.45, 2.75) is 27.4 Å². The van der Waals surface area contributed by atoms with Crippen LogP contribution >= 0.6 is 0 Å². The molecule has 0 radical (unpaired) electrons. The zero-order chi connectivity index (χ0) is 15.1. The number of hydrogen-bond acceptors (Lipinski definition) is 5. The molecule has 5 heteroatoms. The third kappa shape index (κ3) is 4.43. The van der Waals surface area contributed by atoms with Gasteiger partial charge < -0.3 is 15.4 Å². The number of para-hydroxylation sites is 1. The minimum absolute atomic E-state index is 0.415. The van der Waals surface area contributed by atoms with E-state index in [4.69, 9.17) is 4.74 Å². The van der Waals surface area contributed by atoms with Gasteiger partial charge in [-0.1, -0.05) is 18.2 Å². The second-order valence-corrected chi connectivity index (χ2v) is 4.66. The molecule has 112 valence electrons. The highest BCUT2D eigenvalue weighted by molar-refractivity contribution is 5.62. The molecule has 0 fully saturated rings. The summed E-state index contributed by atoms with van der Waals surface area (Å²) in [5.74, 6) is 2.25. The molecule has 0 saturated heterocycles. The number of aryl methyl sites for hydroxylation is 1. The summed E-state index contributed by atoms with van der Waals surface area (Å²) in [6.45, 7) is 7.94. The molecular formula is C16H22N4O. The lowest BCUT2D eigenvalue weighted by molar-refractivity contribution is 0.128. The summed E-state index contributed by atoms with van der Waals surface area (Å²) in [7, 11) is 0. The van der Waals surface area contributed by atoms with E-state index in [-0.39, 0.29) is 0 Å². The molecular weight excluding hydrogens is 264 g/mol. The smallest absolute Gasteiger partial charge is 0.158 e. The van der Waals surface area contributed by atoms with E-state index in [0.717, 1.165) is 23.9 Å². The van der Waals surface area contributed by atoms with E-state index in [1.807, 2.05) is 38.1 Å². The Hall–Kier alpha value is -2.14. The molecule has 0 atom stereocenters. The van der Waals surface area contributed by atoms with Crippen LogP contribution in [0, 0.1) is 6.92 Å². The molecule has 5 nitrogen and oxygen atoms in total. The fourth-order valence-corrected chi connectivity index (χ4v) is 1.94. The van der Waals surface area contributed by atoms with E-state index in [1.54, 1.807) is 0 Å². The van der Waals surface area contributed by atoms with Crippen LogP contribution in [0.15, 0.2) is 30.3 Å². The van der Waals surface area contributed by atoms with Gasteiger partial charge >= 0.3 is 0 Å². The minimum atomic E-state index is 0.415. The number of hydrogen-bond donors (Lipinski definition) is 2. The van der Waals surface area contributed by atoms with Crippen LogP contribution in [-0.2, 0) is 11.3 Å². The molecule has 1 heterocycles. The SMILES string of the molecule is CCNc1cc(Nc2ccccc2C)nc(COCC)n1. The highest BCUT2D eigenvalue weighted by Gasteiger charge is 2.06.